The van der Waals surface area contributed by atoms with Gasteiger partial charge in [0.1, 0.15) is 17.4 Å². The van der Waals surface area contributed by atoms with E-state index in [2.05, 4.69) is 5.32 Å². The monoisotopic (exact) mass is 241 g/mol. The zero-order valence-electron chi connectivity index (χ0n) is 10.3. The number of carbonyl (C=O) groups excluding carboxylic acids is 1. The second kappa shape index (κ2) is 5.36. The molecule has 0 radical (unpaired) electrons. The Morgan fingerprint density at radius 1 is 1.35 bits per heavy atom. The number of halogens is 2. The molecule has 1 aromatic carbocycles. The van der Waals surface area contributed by atoms with Crippen molar-refractivity contribution in [1.29, 1.82) is 0 Å². The quantitative estimate of drug-likeness (QED) is 0.857. The van der Waals surface area contributed by atoms with Gasteiger partial charge in [0.15, 0.2) is 0 Å². The first-order chi connectivity index (χ1) is 7.83. The summed E-state index contributed by atoms with van der Waals surface area (Å²) in [5.74, 6) is -1.11. The first-order valence-electron chi connectivity index (χ1n) is 5.48. The normalized spacial score (nSPS) is 11.6. The van der Waals surface area contributed by atoms with Crippen molar-refractivity contribution in [3.05, 3.63) is 35.4 Å². The average Bonchev–Trinajstić information content (AvgIpc) is 2.15. The van der Waals surface area contributed by atoms with Crippen LogP contribution >= 0.6 is 0 Å². The summed E-state index contributed by atoms with van der Waals surface area (Å²) in [6.45, 7) is 5.88. The summed E-state index contributed by atoms with van der Waals surface area (Å²) in [5.41, 5.74) is -0.0531. The van der Waals surface area contributed by atoms with E-state index in [1.165, 1.54) is 19.1 Å². The molecule has 1 rings (SSSR count). The van der Waals surface area contributed by atoms with Crippen molar-refractivity contribution >= 4 is 5.78 Å². The van der Waals surface area contributed by atoms with Gasteiger partial charge in [-0.2, -0.15) is 0 Å². The lowest BCUT2D eigenvalue weighted by Gasteiger charge is -2.26. The predicted octanol–water partition coefficient (Wildman–Crippen LogP) is 2.42. The molecule has 0 fully saturated rings. The van der Waals surface area contributed by atoms with Crippen LogP contribution in [0.3, 0.4) is 0 Å². The molecule has 0 atom stereocenters. The van der Waals surface area contributed by atoms with Gasteiger partial charge in [-0.25, -0.2) is 8.78 Å². The maximum absolute atomic E-state index is 13.6. The van der Waals surface area contributed by atoms with E-state index in [1.807, 2.05) is 13.8 Å². The van der Waals surface area contributed by atoms with Gasteiger partial charge in [-0.15, -0.1) is 0 Å². The van der Waals surface area contributed by atoms with Crippen molar-refractivity contribution in [2.75, 3.05) is 13.1 Å². The van der Waals surface area contributed by atoms with Crippen LogP contribution in [0, 0.1) is 11.6 Å². The van der Waals surface area contributed by atoms with Crippen LogP contribution in [0.1, 0.15) is 26.3 Å². The van der Waals surface area contributed by atoms with Gasteiger partial charge in [-0.3, -0.25) is 4.79 Å². The number of carbonyl (C=O) groups is 1. The SMILES string of the molecule is CC(=O)CNCC(C)(C)c1ccc(F)cc1F. The molecule has 0 saturated heterocycles. The molecule has 2 nitrogen and oxygen atoms in total. The minimum Gasteiger partial charge on any atom is -0.309 e. The fourth-order valence-corrected chi connectivity index (χ4v) is 1.68. The van der Waals surface area contributed by atoms with E-state index in [0.29, 0.717) is 12.1 Å². The second-order valence-corrected chi connectivity index (χ2v) is 4.81. The maximum Gasteiger partial charge on any atom is 0.143 e. The van der Waals surface area contributed by atoms with Crippen LogP contribution in [0.25, 0.3) is 0 Å². The molecule has 0 saturated carbocycles. The third kappa shape index (κ3) is 3.89. The zero-order chi connectivity index (χ0) is 13.1. The van der Waals surface area contributed by atoms with E-state index >= 15 is 0 Å². The van der Waals surface area contributed by atoms with Crippen molar-refractivity contribution < 1.29 is 13.6 Å². The molecule has 0 unspecified atom stereocenters. The second-order valence-electron chi connectivity index (χ2n) is 4.81. The van der Waals surface area contributed by atoms with Gasteiger partial charge in [-0.05, 0) is 18.6 Å². The standard InChI is InChI=1S/C13H17F2NO/c1-9(17)7-16-8-13(2,3)11-5-4-10(14)6-12(11)15/h4-6,16H,7-8H2,1-3H3. The third-order valence-electron chi connectivity index (χ3n) is 2.60. The maximum atomic E-state index is 13.6. The molecular formula is C13H17F2NO. The van der Waals surface area contributed by atoms with E-state index in [1.54, 1.807) is 0 Å². The number of hydrogen-bond acceptors (Lipinski definition) is 2. The molecule has 0 spiro atoms. The van der Waals surface area contributed by atoms with Crippen LogP contribution in [0.5, 0.6) is 0 Å². The van der Waals surface area contributed by atoms with E-state index in [9.17, 15) is 13.6 Å². The van der Waals surface area contributed by atoms with Gasteiger partial charge in [0, 0.05) is 18.0 Å². The molecule has 1 N–H and O–H groups in total. The van der Waals surface area contributed by atoms with E-state index in [0.717, 1.165) is 6.07 Å². The Labute approximate surface area is 100 Å². The summed E-state index contributed by atoms with van der Waals surface area (Å²) in [4.78, 5) is 10.8. The summed E-state index contributed by atoms with van der Waals surface area (Å²) < 4.78 is 26.4. The number of rotatable bonds is 5. The fourth-order valence-electron chi connectivity index (χ4n) is 1.68. The fraction of sp³-hybridized carbons (Fsp3) is 0.462. The first kappa shape index (κ1) is 13.8. The molecule has 0 aliphatic carbocycles. The number of ketones is 1. The minimum atomic E-state index is -0.584. The zero-order valence-corrected chi connectivity index (χ0v) is 10.3. The van der Waals surface area contributed by atoms with E-state index in [4.69, 9.17) is 0 Å². The van der Waals surface area contributed by atoms with Crippen LogP contribution in [-0.4, -0.2) is 18.9 Å². The summed E-state index contributed by atoms with van der Waals surface area (Å²) in [6.07, 6.45) is 0. The van der Waals surface area contributed by atoms with Crippen LogP contribution in [0.2, 0.25) is 0 Å². The van der Waals surface area contributed by atoms with Crippen molar-refractivity contribution in [1.82, 2.24) is 5.32 Å². The van der Waals surface area contributed by atoms with Crippen LogP contribution in [0.15, 0.2) is 18.2 Å². The lowest BCUT2D eigenvalue weighted by molar-refractivity contribution is -0.116. The van der Waals surface area contributed by atoms with Crippen molar-refractivity contribution in [3.8, 4) is 0 Å². The molecule has 4 heteroatoms. The number of hydrogen-bond donors (Lipinski definition) is 1. The third-order valence-corrected chi connectivity index (χ3v) is 2.60. The highest BCUT2D eigenvalue weighted by molar-refractivity contribution is 5.77. The Kier molecular flexibility index (Phi) is 4.34. The van der Waals surface area contributed by atoms with Gasteiger partial charge in [-0.1, -0.05) is 19.9 Å². The Hall–Kier alpha value is -1.29. The molecule has 0 aromatic heterocycles. The first-order valence-corrected chi connectivity index (χ1v) is 5.48. The molecule has 0 amide bonds. The lowest BCUT2D eigenvalue weighted by atomic mass is 9.84. The van der Waals surface area contributed by atoms with Gasteiger partial charge < -0.3 is 5.32 Å². The summed E-state index contributed by atoms with van der Waals surface area (Å²) in [5, 5.41) is 2.96. The van der Waals surface area contributed by atoms with Gasteiger partial charge in [0.2, 0.25) is 0 Å². The average molecular weight is 241 g/mol. The molecule has 1 aromatic rings. The van der Waals surface area contributed by atoms with E-state index < -0.39 is 17.0 Å². The van der Waals surface area contributed by atoms with Crippen molar-refractivity contribution in [2.45, 2.75) is 26.2 Å². The molecular weight excluding hydrogens is 224 g/mol. The Balaban J connectivity index is 2.78. The van der Waals surface area contributed by atoms with Crippen LogP contribution in [0.4, 0.5) is 8.78 Å². The molecule has 94 valence electrons. The minimum absolute atomic E-state index is 0.0281. The summed E-state index contributed by atoms with van der Waals surface area (Å²) >= 11 is 0. The topological polar surface area (TPSA) is 29.1 Å². The van der Waals surface area contributed by atoms with Crippen molar-refractivity contribution in [3.63, 3.8) is 0 Å². The highest BCUT2D eigenvalue weighted by Crippen LogP contribution is 2.25. The van der Waals surface area contributed by atoms with Gasteiger partial charge in [0.05, 0.1) is 6.54 Å². The molecule has 0 aliphatic heterocycles. The highest BCUT2D eigenvalue weighted by atomic mass is 19.1. The number of benzene rings is 1. The Morgan fingerprint density at radius 3 is 2.53 bits per heavy atom. The van der Waals surface area contributed by atoms with Crippen LogP contribution in [-0.2, 0) is 10.2 Å². The number of nitrogens with one attached hydrogen (secondary N) is 1. The Bertz CT molecular complexity index is 416. The summed E-state index contributed by atoms with van der Waals surface area (Å²) in [6, 6.07) is 3.56. The van der Waals surface area contributed by atoms with Gasteiger partial charge >= 0.3 is 0 Å². The summed E-state index contributed by atoms with van der Waals surface area (Å²) in [7, 11) is 0. The van der Waals surface area contributed by atoms with Crippen molar-refractivity contribution in [2.24, 2.45) is 0 Å². The predicted molar refractivity (Wildman–Crippen MR) is 62.9 cm³/mol. The molecule has 0 aliphatic rings. The molecule has 17 heavy (non-hydrogen) atoms. The van der Waals surface area contributed by atoms with Crippen LogP contribution < -0.4 is 5.32 Å². The van der Waals surface area contributed by atoms with E-state index in [-0.39, 0.29) is 12.3 Å². The lowest BCUT2D eigenvalue weighted by Crippen LogP contribution is -2.36. The van der Waals surface area contributed by atoms with Gasteiger partial charge in [0.25, 0.3) is 0 Å². The smallest absolute Gasteiger partial charge is 0.143 e. The molecule has 0 heterocycles. The largest absolute Gasteiger partial charge is 0.309 e. The number of Topliss-reactive ketones (excluding diaryl/α,β-unsaturated/α-hetero) is 1. The molecule has 0 bridgehead atoms. The Morgan fingerprint density at radius 2 is 2.00 bits per heavy atom. The highest BCUT2D eigenvalue weighted by Gasteiger charge is 2.24.